The standard InChI is InChI=1S/C12H10BrFOS/c1-8-12(4-5-15-8)16-7-9-2-3-10(13)6-11(9)14/h2-6H,7H2,1H3. The molecule has 0 spiro atoms. The van der Waals surface area contributed by atoms with Crippen LogP contribution in [0.4, 0.5) is 4.39 Å². The van der Waals surface area contributed by atoms with Crippen molar-refractivity contribution in [2.75, 3.05) is 0 Å². The number of hydrogen-bond acceptors (Lipinski definition) is 2. The van der Waals surface area contributed by atoms with Gasteiger partial charge >= 0.3 is 0 Å². The summed E-state index contributed by atoms with van der Waals surface area (Å²) in [6, 6.07) is 7.03. The monoisotopic (exact) mass is 300 g/mol. The summed E-state index contributed by atoms with van der Waals surface area (Å²) in [5.41, 5.74) is 0.703. The molecule has 0 aliphatic heterocycles. The fourth-order valence-electron chi connectivity index (χ4n) is 1.32. The molecule has 0 saturated carbocycles. The Morgan fingerprint density at radius 2 is 2.19 bits per heavy atom. The van der Waals surface area contributed by atoms with E-state index in [1.807, 2.05) is 19.1 Å². The largest absolute Gasteiger partial charge is 0.468 e. The topological polar surface area (TPSA) is 13.1 Å². The molecule has 0 saturated heterocycles. The third kappa shape index (κ3) is 2.68. The van der Waals surface area contributed by atoms with Crippen LogP contribution in [-0.4, -0.2) is 0 Å². The van der Waals surface area contributed by atoms with Gasteiger partial charge in [0.1, 0.15) is 11.6 Å². The maximum atomic E-state index is 13.5. The van der Waals surface area contributed by atoms with Gasteiger partial charge in [-0.3, -0.25) is 0 Å². The van der Waals surface area contributed by atoms with Crippen molar-refractivity contribution in [1.29, 1.82) is 0 Å². The summed E-state index contributed by atoms with van der Waals surface area (Å²) in [7, 11) is 0. The van der Waals surface area contributed by atoms with Crippen LogP contribution in [0.2, 0.25) is 0 Å². The van der Waals surface area contributed by atoms with Crippen molar-refractivity contribution < 1.29 is 8.81 Å². The zero-order chi connectivity index (χ0) is 11.5. The Balaban J connectivity index is 2.08. The molecule has 0 amide bonds. The Morgan fingerprint density at radius 1 is 1.38 bits per heavy atom. The second-order valence-electron chi connectivity index (χ2n) is 3.37. The SMILES string of the molecule is Cc1occc1SCc1ccc(Br)cc1F. The Kier molecular flexibility index (Phi) is 3.71. The molecule has 0 aliphatic carbocycles. The Hall–Kier alpha value is -0.740. The van der Waals surface area contributed by atoms with Crippen LogP contribution < -0.4 is 0 Å². The molecule has 84 valence electrons. The normalized spacial score (nSPS) is 10.7. The Morgan fingerprint density at radius 3 is 2.81 bits per heavy atom. The lowest BCUT2D eigenvalue weighted by Crippen LogP contribution is -1.87. The van der Waals surface area contributed by atoms with E-state index in [4.69, 9.17) is 4.42 Å². The molecule has 0 radical (unpaired) electrons. The van der Waals surface area contributed by atoms with E-state index in [-0.39, 0.29) is 5.82 Å². The average Bonchev–Trinajstić information content (AvgIpc) is 2.63. The molecule has 0 aliphatic rings. The van der Waals surface area contributed by atoms with Gasteiger partial charge in [0.05, 0.1) is 6.26 Å². The van der Waals surface area contributed by atoms with E-state index < -0.39 is 0 Å². The molecule has 0 atom stereocenters. The minimum atomic E-state index is -0.178. The van der Waals surface area contributed by atoms with Crippen LogP contribution in [0.3, 0.4) is 0 Å². The predicted molar refractivity (Wildman–Crippen MR) is 67.1 cm³/mol. The molecule has 0 unspecified atom stereocenters. The first-order chi connectivity index (χ1) is 7.66. The fourth-order valence-corrected chi connectivity index (χ4v) is 2.60. The summed E-state index contributed by atoms with van der Waals surface area (Å²) in [5, 5.41) is 0. The van der Waals surface area contributed by atoms with Gasteiger partial charge in [-0.15, -0.1) is 11.8 Å². The first kappa shape index (κ1) is 11.7. The maximum Gasteiger partial charge on any atom is 0.128 e. The van der Waals surface area contributed by atoms with E-state index in [0.717, 1.165) is 15.1 Å². The highest BCUT2D eigenvalue weighted by Crippen LogP contribution is 2.28. The van der Waals surface area contributed by atoms with Gasteiger partial charge < -0.3 is 4.42 Å². The van der Waals surface area contributed by atoms with E-state index in [2.05, 4.69) is 15.9 Å². The second kappa shape index (κ2) is 5.06. The van der Waals surface area contributed by atoms with Crippen molar-refractivity contribution in [3.63, 3.8) is 0 Å². The molecule has 2 rings (SSSR count). The minimum absolute atomic E-state index is 0.178. The molecule has 0 bridgehead atoms. The molecular weight excluding hydrogens is 291 g/mol. The number of thioether (sulfide) groups is 1. The second-order valence-corrected chi connectivity index (χ2v) is 5.30. The molecule has 1 aromatic carbocycles. The molecule has 1 nitrogen and oxygen atoms in total. The number of benzene rings is 1. The lowest BCUT2D eigenvalue weighted by atomic mass is 10.2. The highest BCUT2D eigenvalue weighted by molar-refractivity contribution is 9.10. The van der Waals surface area contributed by atoms with Gasteiger partial charge in [-0.1, -0.05) is 22.0 Å². The molecule has 2 aromatic rings. The van der Waals surface area contributed by atoms with E-state index in [9.17, 15) is 4.39 Å². The number of aryl methyl sites for hydroxylation is 1. The quantitative estimate of drug-likeness (QED) is 0.757. The van der Waals surface area contributed by atoms with Crippen LogP contribution in [0.1, 0.15) is 11.3 Å². The van der Waals surface area contributed by atoms with Crippen LogP contribution in [0, 0.1) is 12.7 Å². The Bertz CT molecular complexity index is 496. The van der Waals surface area contributed by atoms with Crippen LogP contribution in [0.15, 0.2) is 44.3 Å². The van der Waals surface area contributed by atoms with Crippen molar-refractivity contribution in [1.82, 2.24) is 0 Å². The van der Waals surface area contributed by atoms with Crippen LogP contribution in [-0.2, 0) is 5.75 Å². The van der Waals surface area contributed by atoms with Gasteiger partial charge in [-0.2, -0.15) is 0 Å². The molecule has 0 fully saturated rings. The summed E-state index contributed by atoms with van der Waals surface area (Å²) in [5.74, 6) is 1.31. The smallest absolute Gasteiger partial charge is 0.128 e. The van der Waals surface area contributed by atoms with Crippen LogP contribution >= 0.6 is 27.7 Å². The number of halogens is 2. The zero-order valence-corrected chi connectivity index (χ0v) is 11.1. The summed E-state index contributed by atoms with van der Waals surface area (Å²) in [4.78, 5) is 1.06. The lowest BCUT2D eigenvalue weighted by Gasteiger charge is -2.03. The summed E-state index contributed by atoms with van der Waals surface area (Å²) in [6.07, 6.45) is 1.65. The van der Waals surface area contributed by atoms with Gasteiger partial charge in [-0.25, -0.2) is 4.39 Å². The number of hydrogen-bond donors (Lipinski definition) is 0. The van der Waals surface area contributed by atoms with E-state index in [1.165, 1.54) is 6.07 Å². The minimum Gasteiger partial charge on any atom is -0.468 e. The van der Waals surface area contributed by atoms with E-state index in [0.29, 0.717) is 11.3 Å². The highest BCUT2D eigenvalue weighted by atomic mass is 79.9. The fraction of sp³-hybridized carbons (Fsp3) is 0.167. The molecular formula is C12H10BrFOS. The first-order valence-corrected chi connectivity index (χ1v) is 6.55. The van der Waals surface area contributed by atoms with E-state index in [1.54, 1.807) is 24.1 Å². The Labute approximate surface area is 106 Å². The van der Waals surface area contributed by atoms with Gasteiger partial charge in [0.2, 0.25) is 0 Å². The zero-order valence-electron chi connectivity index (χ0n) is 8.67. The van der Waals surface area contributed by atoms with Gasteiger partial charge in [-0.05, 0) is 30.7 Å². The van der Waals surface area contributed by atoms with Crippen LogP contribution in [0.5, 0.6) is 0 Å². The van der Waals surface area contributed by atoms with Gasteiger partial charge in [0, 0.05) is 15.1 Å². The highest BCUT2D eigenvalue weighted by Gasteiger charge is 2.06. The summed E-state index contributed by atoms with van der Waals surface area (Å²) in [6.45, 7) is 1.90. The van der Waals surface area contributed by atoms with Crippen molar-refractivity contribution >= 4 is 27.7 Å². The third-order valence-electron chi connectivity index (χ3n) is 2.21. The number of furan rings is 1. The molecule has 4 heteroatoms. The average molecular weight is 301 g/mol. The maximum absolute atomic E-state index is 13.5. The molecule has 1 aromatic heterocycles. The molecule has 0 N–H and O–H groups in total. The first-order valence-electron chi connectivity index (χ1n) is 4.77. The van der Waals surface area contributed by atoms with Gasteiger partial charge in [0.25, 0.3) is 0 Å². The molecule has 16 heavy (non-hydrogen) atoms. The number of rotatable bonds is 3. The van der Waals surface area contributed by atoms with E-state index >= 15 is 0 Å². The predicted octanol–water partition coefficient (Wildman–Crippen LogP) is 4.78. The summed E-state index contributed by atoms with van der Waals surface area (Å²) >= 11 is 4.81. The summed E-state index contributed by atoms with van der Waals surface area (Å²) < 4.78 is 19.5. The van der Waals surface area contributed by atoms with Crippen molar-refractivity contribution in [3.8, 4) is 0 Å². The van der Waals surface area contributed by atoms with Crippen molar-refractivity contribution in [3.05, 3.63) is 52.1 Å². The van der Waals surface area contributed by atoms with Gasteiger partial charge in [0.15, 0.2) is 0 Å². The van der Waals surface area contributed by atoms with Crippen molar-refractivity contribution in [2.45, 2.75) is 17.6 Å². The van der Waals surface area contributed by atoms with Crippen molar-refractivity contribution in [2.24, 2.45) is 0 Å². The molecule has 1 heterocycles. The third-order valence-corrected chi connectivity index (χ3v) is 3.89. The van der Waals surface area contributed by atoms with Crippen LogP contribution in [0.25, 0.3) is 0 Å². The lowest BCUT2D eigenvalue weighted by molar-refractivity contribution is 0.527.